The van der Waals surface area contributed by atoms with Crippen LogP contribution in [0.5, 0.6) is 0 Å². The van der Waals surface area contributed by atoms with Crippen molar-refractivity contribution in [1.82, 2.24) is 9.71 Å². The molecule has 1 aromatic rings. The molecule has 100 valence electrons. The van der Waals surface area contributed by atoms with E-state index in [1.807, 2.05) is 5.38 Å². The van der Waals surface area contributed by atoms with Crippen molar-refractivity contribution in [3.05, 3.63) is 11.6 Å². The summed E-state index contributed by atoms with van der Waals surface area (Å²) in [6.45, 7) is 1.49. The van der Waals surface area contributed by atoms with Gasteiger partial charge in [0.2, 0.25) is 10.0 Å². The highest BCUT2D eigenvalue weighted by Crippen LogP contribution is 2.29. The van der Waals surface area contributed by atoms with E-state index in [1.165, 1.54) is 0 Å². The van der Waals surface area contributed by atoms with Gasteiger partial charge in [0.05, 0.1) is 5.25 Å². The highest BCUT2D eigenvalue weighted by molar-refractivity contribution is 7.90. The van der Waals surface area contributed by atoms with Crippen LogP contribution in [0.3, 0.4) is 0 Å². The first-order chi connectivity index (χ1) is 8.67. The van der Waals surface area contributed by atoms with E-state index in [1.54, 1.807) is 17.5 Å². The van der Waals surface area contributed by atoms with E-state index in [9.17, 15) is 8.42 Å². The molecule has 0 unspecified atom stereocenters. The predicted octanol–water partition coefficient (Wildman–Crippen LogP) is 1.19. The third-order valence-electron chi connectivity index (χ3n) is 3.53. The Bertz CT molecular complexity index is 496. The molecule has 18 heavy (non-hydrogen) atoms. The minimum atomic E-state index is -3.06. The lowest BCUT2D eigenvalue weighted by molar-refractivity contribution is 0.566. The SMILES string of the molecule is O=S(=O)(NC[C@@H]1CCCN1c1nccs1)C1CC1. The van der Waals surface area contributed by atoms with Crippen LogP contribution in [0.1, 0.15) is 25.7 Å². The fourth-order valence-electron chi connectivity index (χ4n) is 2.37. The molecular weight excluding hydrogens is 270 g/mol. The van der Waals surface area contributed by atoms with Gasteiger partial charge in [-0.3, -0.25) is 0 Å². The summed E-state index contributed by atoms with van der Waals surface area (Å²) in [5.74, 6) is 0. The van der Waals surface area contributed by atoms with Gasteiger partial charge in [-0.1, -0.05) is 0 Å². The average Bonchev–Trinajstić information content (AvgIpc) is 2.91. The van der Waals surface area contributed by atoms with Crippen LogP contribution in [0.15, 0.2) is 11.6 Å². The lowest BCUT2D eigenvalue weighted by Gasteiger charge is -2.24. The summed E-state index contributed by atoms with van der Waals surface area (Å²) in [5.41, 5.74) is 0. The maximum Gasteiger partial charge on any atom is 0.214 e. The Morgan fingerprint density at radius 3 is 2.94 bits per heavy atom. The fourth-order valence-corrected chi connectivity index (χ4v) is 4.52. The molecule has 0 bridgehead atoms. The van der Waals surface area contributed by atoms with Crippen LogP contribution in [0.2, 0.25) is 0 Å². The molecule has 2 aliphatic rings. The summed E-state index contributed by atoms with van der Waals surface area (Å²) < 4.78 is 26.4. The van der Waals surface area contributed by atoms with Crippen LogP contribution in [-0.4, -0.2) is 37.8 Å². The molecule has 2 heterocycles. The molecule has 0 aromatic carbocycles. The molecule has 1 aliphatic heterocycles. The molecule has 1 atom stereocenters. The minimum Gasteiger partial charge on any atom is -0.344 e. The second-order valence-electron chi connectivity index (χ2n) is 4.90. The van der Waals surface area contributed by atoms with Gasteiger partial charge >= 0.3 is 0 Å². The number of hydrogen-bond donors (Lipinski definition) is 1. The van der Waals surface area contributed by atoms with Crippen LogP contribution in [0.25, 0.3) is 0 Å². The van der Waals surface area contributed by atoms with Gasteiger partial charge in [0.15, 0.2) is 5.13 Å². The highest BCUT2D eigenvalue weighted by atomic mass is 32.2. The van der Waals surface area contributed by atoms with Gasteiger partial charge in [0, 0.05) is 30.7 Å². The van der Waals surface area contributed by atoms with Crippen LogP contribution >= 0.6 is 11.3 Å². The molecule has 1 aliphatic carbocycles. The second-order valence-corrected chi connectivity index (χ2v) is 7.82. The highest BCUT2D eigenvalue weighted by Gasteiger charge is 2.36. The quantitative estimate of drug-likeness (QED) is 0.884. The predicted molar refractivity (Wildman–Crippen MR) is 72.4 cm³/mol. The van der Waals surface area contributed by atoms with Crippen molar-refractivity contribution in [2.75, 3.05) is 18.0 Å². The van der Waals surface area contributed by atoms with Gasteiger partial charge in [0.25, 0.3) is 0 Å². The fraction of sp³-hybridized carbons (Fsp3) is 0.727. The molecule has 1 saturated carbocycles. The molecule has 1 aromatic heterocycles. The van der Waals surface area contributed by atoms with Gasteiger partial charge in [-0.25, -0.2) is 18.1 Å². The smallest absolute Gasteiger partial charge is 0.214 e. The van der Waals surface area contributed by atoms with Gasteiger partial charge in [-0.2, -0.15) is 0 Å². The van der Waals surface area contributed by atoms with E-state index in [0.717, 1.165) is 37.4 Å². The third-order valence-corrected chi connectivity index (χ3v) is 6.25. The molecule has 3 rings (SSSR count). The number of aromatic nitrogens is 1. The molecule has 1 N–H and O–H groups in total. The topological polar surface area (TPSA) is 62.3 Å². The number of rotatable bonds is 5. The number of anilines is 1. The van der Waals surface area contributed by atoms with Crippen LogP contribution in [0.4, 0.5) is 5.13 Å². The summed E-state index contributed by atoms with van der Waals surface area (Å²) in [5, 5.41) is 2.83. The van der Waals surface area contributed by atoms with Crippen LogP contribution in [-0.2, 0) is 10.0 Å². The summed E-state index contributed by atoms with van der Waals surface area (Å²) in [6.07, 6.45) is 5.57. The summed E-state index contributed by atoms with van der Waals surface area (Å²) in [6, 6.07) is 0.254. The van der Waals surface area contributed by atoms with Crippen molar-refractivity contribution in [2.24, 2.45) is 0 Å². The Balaban J connectivity index is 1.62. The number of hydrogen-bond acceptors (Lipinski definition) is 5. The van der Waals surface area contributed by atoms with Crippen molar-refractivity contribution in [1.29, 1.82) is 0 Å². The number of thiazole rings is 1. The largest absolute Gasteiger partial charge is 0.344 e. The first-order valence-electron chi connectivity index (χ1n) is 6.31. The lowest BCUT2D eigenvalue weighted by Crippen LogP contribution is -2.41. The van der Waals surface area contributed by atoms with Gasteiger partial charge in [-0.05, 0) is 25.7 Å². The number of sulfonamides is 1. The zero-order valence-corrected chi connectivity index (χ0v) is 11.7. The number of nitrogens with one attached hydrogen (secondary N) is 1. The summed E-state index contributed by atoms with van der Waals surface area (Å²) in [4.78, 5) is 6.53. The molecule has 7 heteroatoms. The maximum atomic E-state index is 11.8. The van der Waals surface area contributed by atoms with Gasteiger partial charge < -0.3 is 4.90 Å². The van der Waals surface area contributed by atoms with Crippen molar-refractivity contribution in [2.45, 2.75) is 37.0 Å². The summed E-state index contributed by atoms with van der Waals surface area (Å²) >= 11 is 1.61. The van der Waals surface area contributed by atoms with E-state index >= 15 is 0 Å². The van der Waals surface area contributed by atoms with Crippen LogP contribution in [0, 0.1) is 0 Å². The Morgan fingerprint density at radius 1 is 1.44 bits per heavy atom. The molecular formula is C11H17N3O2S2. The molecule has 5 nitrogen and oxygen atoms in total. The average molecular weight is 287 g/mol. The van der Waals surface area contributed by atoms with E-state index in [4.69, 9.17) is 0 Å². The normalized spacial score (nSPS) is 24.7. The van der Waals surface area contributed by atoms with Gasteiger partial charge in [0.1, 0.15) is 0 Å². The van der Waals surface area contributed by atoms with E-state index in [-0.39, 0.29) is 11.3 Å². The zero-order valence-electron chi connectivity index (χ0n) is 10.1. The second kappa shape index (κ2) is 4.79. The first-order valence-corrected chi connectivity index (χ1v) is 8.74. The van der Waals surface area contributed by atoms with Crippen LogP contribution < -0.4 is 9.62 Å². The van der Waals surface area contributed by atoms with Gasteiger partial charge in [-0.15, -0.1) is 11.3 Å². The Kier molecular flexibility index (Phi) is 3.29. The Labute approximate surface area is 111 Å². The molecule has 0 radical (unpaired) electrons. The summed E-state index contributed by atoms with van der Waals surface area (Å²) in [7, 11) is -3.06. The van der Waals surface area contributed by atoms with E-state index < -0.39 is 10.0 Å². The standard InChI is InChI=1S/C11H17N3O2S2/c15-18(16,10-3-4-10)13-8-9-2-1-6-14(9)11-12-5-7-17-11/h5,7,9-10,13H,1-4,6,8H2/t9-/m0/s1. The molecule has 0 amide bonds. The monoisotopic (exact) mass is 287 g/mol. The number of nitrogens with zero attached hydrogens (tertiary/aromatic N) is 2. The zero-order chi connectivity index (χ0) is 12.6. The van der Waals surface area contributed by atoms with Crippen molar-refractivity contribution in [3.8, 4) is 0 Å². The molecule has 1 saturated heterocycles. The maximum absolute atomic E-state index is 11.8. The Morgan fingerprint density at radius 2 is 2.28 bits per heavy atom. The third kappa shape index (κ3) is 2.53. The lowest BCUT2D eigenvalue weighted by atomic mass is 10.2. The Hall–Kier alpha value is -0.660. The van der Waals surface area contributed by atoms with Crippen molar-refractivity contribution < 1.29 is 8.42 Å². The molecule has 0 spiro atoms. The van der Waals surface area contributed by atoms with Crippen molar-refractivity contribution >= 4 is 26.5 Å². The first kappa shape index (κ1) is 12.4. The van der Waals surface area contributed by atoms with E-state index in [2.05, 4.69) is 14.6 Å². The molecule has 2 fully saturated rings. The van der Waals surface area contributed by atoms with E-state index in [0.29, 0.717) is 6.54 Å². The van der Waals surface area contributed by atoms with Crippen molar-refractivity contribution in [3.63, 3.8) is 0 Å². The minimum absolute atomic E-state index is 0.132.